The van der Waals surface area contributed by atoms with Crippen LogP contribution in [0.4, 0.5) is 4.79 Å². The fraction of sp³-hybridized carbons (Fsp3) is 0.200. The molecule has 0 aromatic heterocycles. The monoisotopic (exact) mass is 352 g/mol. The molecule has 1 atom stereocenters. The van der Waals surface area contributed by atoms with Gasteiger partial charge in [0.15, 0.2) is 0 Å². The van der Waals surface area contributed by atoms with Gasteiger partial charge in [0.25, 0.3) is 0 Å². The fourth-order valence-corrected chi connectivity index (χ4v) is 2.96. The van der Waals surface area contributed by atoms with Crippen LogP contribution in [0.1, 0.15) is 24.1 Å². The molecule has 6 heteroatoms. The van der Waals surface area contributed by atoms with Crippen LogP contribution < -0.4 is 15.4 Å². The Labute approximate surface area is 151 Å². The van der Waals surface area contributed by atoms with E-state index in [1.165, 1.54) is 0 Å². The molecule has 1 aliphatic heterocycles. The van der Waals surface area contributed by atoms with Crippen LogP contribution in [-0.4, -0.2) is 25.7 Å². The third-order valence-corrected chi connectivity index (χ3v) is 4.08. The lowest BCUT2D eigenvalue weighted by Gasteiger charge is -2.30. The Bertz CT molecular complexity index is 846. The SMILES string of the molecule is CCOC(=O)C1=C(c2ccccc2)NC(=O)N[C@H]1c1ccccc1OC. The number of urea groups is 1. The number of esters is 1. The molecule has 2 aromatic carbocycles. The summed E-state index contributed by atoms with van der Waals surface area (Å²) >= 11 is 0. The summed E-state index contributed by atoms with van der Waals surface area (Å²) < 4.78 is 10.7. The van der Waals surface area contributed by atoms with Gasteiger partial charge in [-0.1, -0.05) is 48.5 Å². The van der Waals surface area contributed by atoms with E-state index in [1.807, 2.05) is 48.5 Å². The minimum Gasteiger partial charge on any atom is -0.496 e. The zero-order valence-corrected chi connectivity index (χ0v) is 14.6. The third-order valence-electron chi connectivity index (χ3n) is 4.08. The molecule has 3 rings (SSSR count). The number of ether oxygens (including phenoxy) is 2. The minimum atomic E-state index is -0.686. The molecular formula is C20H20N2O4. The van der Waals surface area contributed by atoms with Crippen molar-refractivity contribution in [3.63, 3.8) is 0 Å². The van der Waals surface area contributed by atoms with Crippen molar-refractivity contribution in [2.75, 3.05) is 13.7 Å². The summed E-state index contributed by atoms with van der Waals surface area (Å²) in [5, 5.41) is 5.55. The Kier molecular flexibility index (Phi) is 5.22. The summed E-state index contributed by atoms with van der Waals surface area (Å²) in [5.41, 5.74) is 2.18. The quantitative estimate of drug-likeness (QED) is 0.811. The number of methoxy groups -OCH3 is 1. The number of hydrogen-bond donors (Lipinski definition) is 2. The third kappa shape index (κ3) is 3.39. The van der Waals surface area contributed by atoms with Gasteiger partial charge in [-0.15, -0.1) is 0 Å². The topological polar surface area (TPSA) is 76.7 Å². The van der Waals surface area contributed by atoms with Crippen LogP contribution in [0.25, 0.3) is 5.70 Å². The average molecular weight is 352 g/mol. The number of nitrogens with one attached hydrogen (secondary N) is 2. The van der Waals surface area contributed by atoms with Crippen molar-refractivity contribution >= 4 is 17.7 Å². The smallest absolute Gasteiger partial charge is 0.338 e. The van der Waals surface area contributed by atoms with Crippen LogP contribution in [0.15, 0.2) is 60.2 Å². The highest BCUT2D eigenvalue weighted by Crippen LogP contribution is 2.35. The van der Waals surface area contributed by atoms with Gasteiger partial charge in [0.2, 0.25) is 0 Å². The van der Waals surface area contributed by atoms with Gasteiger partial charge in [-0.2, -0.15) is 0 Å². The molecule has 0 unspecified atom stereocenters. The van der Waals surface area contributed by atoms with Crippen molar-refractivity contribution in [2.45, 2.75) is 13.0 Å². The van der Waals surface area contributed by atoms with Crippen LogP contribution in [0.3, 0.4) is 0 Å². The van der Waals surface area contributed by atoms with Gasteiger partial charge < -0.3 is 20.1 Å². The summed E-state index contributed by atoms with van der Waals surface area (Å²) in [7, 11) is 1.55. The number of benzene rings is 2. The molecule has 2 aromatic rings. The molecule has 134 valence electrons. The molecule has 0 saturated heterocycles. The first kappa shape index (κ1) is 17.5. The van der Waals surface area contributed by atoms with Gasteiger partial charge in [-0.3, -0.25) is 0 Å². The molecule has 2 amide bonds. The largest absolute Gasteiger partial charge is 0.496 e. The van der Waals surface area contributed by atoms with E-state index < -0.39 is 18.0 Å². The van der Waals surface area contributed by atoms with Crippen LogP contribution in [0, 0.1) is 0 Å². The lowest BCUT2D eigenvalue weighted by atomic mass is 9.92. The molecule has 0 saturated carbocycles. The summed E-state index contributed by atoms with van der Waals surface area (Å²) in [5.74, 6) is 0.0867. The average Bonchev–Trinajstić information content (AvgIpc) is 2.68. The Morgan fingerprint density at radius 2 is 1.77 bits per heavy atom. The van der Waals surface area contributed by atoms with E-state index in [0.717, 1.165) is 5.56 Å². The fourth-order valence-electron chi connectivity index (χ4n) is 2.96. The molecule has 1 aliphatic rings. The molecule has 26 heavy (non-hydrogen) atoms. The predicted molar refractivity (Wildman–Crippen MR) is 97.4 cm³/mol. The zero-order chi connectivity index (χ0) is 18.5. The summed E-state index contributed by atoms with van der Waals surface area (Å²) in [6, 6.07) is 15.4. The van der Waals surface area contributed by atoms with E-state index in [0.29, 0.717) is 22.6 Å². The second kappa shape index (κ2) is 7.74. The first-order valence-electron chi connectivity index (χ1n) is 8.32. The second-order valence-electron chi connectivity index (χ2n) is 5.65. The molecule has 6 nitrogen and oxygen atoms in total. The molecule has 0 spiro atoms. The number of rotatable bonds is 5. The Morgan fingerprint density at radius 1 is 1.08 bits per heavy atom. The Hall–Kier alpha value is -3.28. The number of carbonyl (C=O) groups is 2. The van der Waals surface area contributed by atoms with Crippen molar-refractivity contribution in [1.82, 2.24) is 10.6 Å². The Balaban J connectivity index is 2.21. The van der Waals surface area contributed by atoms with E-state index in [-0.39, 0.29) is 6.61 Å². The van der Waals surface area contributed by atoms with Gasteiger partial charge in [-0.25, -0.2) is 9.59 Å². The second-order valence-corrected chi connectivity index (χ2v) is 5.65. The summed E-state index contributed by atoms with van der Waals surface area (Å²) in [4.78, 5) is 25.1. The standard InChI is InChI=1S/C20H20N2O4/c1-3-26-19(23)16-17(13-9-5-4-6-10-13)21-20(24)22-18(16)14-11-7-8-12-15(14)25-2/h4-12,18H,3H2,1-2H3,(H2,21,22,24)/t18-/m0/s1. The predicted octanol–water partition coefficient (Wildman–Crippen LogP) is 3.02. The number of para-hydroxylation sites is 1. The van der Waals surface area contributed by atoms with Crippen LogP contribution in [0.2, 0.25) is 0 Å². The number of carbonyl (C=O) groups excluding carboxylic acids is 2. The lowest BCUT2D eigenvalue weighted by molar-refractivity contribution is -0.138. The first-order chi connectivity index (χ1) is 12.7. The van der Waals surface area contributed by atoms with E-state index in [4.69, 9.17) is 9.47 Å². The maximum atomic E-state index is 12.8. The highest BCUT2D eigenvalue weighted by molar-refractivity contribution is 6.04. The van der Waals surface area contributed by atoms with Crippen molar-refractivity contribution in [2.24, 2.45) is 0 Å². The first-order valence-corrected chi connectivity index (χ1v) is 8.32. The van der Waals surface area contributed by atoms with Gasteiger partial charge in [0, 0.05) is 5.56 Å². The zero-order valence-electron chi connectivity index (χ0n) is 14.6. The number of hydrogen-bond acceptors (Lipinski definition) is 4. The van der Waals surface area contributed by atoms with Gasteiger partial charge in [0.1, 0.15) is 5.75 Å². The van der Waals surface area contributed by atoms with E-state index in [2.05, 4.69) is 10.6 Å². The maximum Gasteiger partial charge on any atom is 0.338 e. The van der Waals surface area contributed by atoms with Crippen molar-refractivity contribution in [1.29, 1.82) is 0 Å². The highest BCUT2D eigenvalue weighted by Gasteiger charge is 2.35. The number of amides is 2. The molecule has 2 N–H and O–H groups in total. The van der Waals surface area contributed by atoms with Crippen LogP contribution in [-0.2, 0) is 9.53 Å². The van der Waals surface area contributed by atoms with Crippen molar-refractivity contribution in [3.8, 4) is 5.75 Å². The summed E-state index contributed by atoms with van der Waals surface area (Å²) in [6.07, 6.45) is 0. The molecule has 1 heterocycles. The van der Waals surface area contributed by atoms with Crippen molar-refractivity contribution < 1.29 is 19.1 Å². The molecule has 0 radical (unpaired) electrons. The molecule has 0 bridgehead atoms. The van der Waals surface area contributed by atoms with Gasteiger partial charge >= 0.3 is 12.0 Å². The lowest BCUT2D eigenvalue weighted by Crippen LogP contribution is -2.45. The van der Waals surface area contributed by atoms with E-state index >= 15 is 0 Å². The van der Waals surface area contributed by atoms with E-state index in [9.17, 15) is 9.59 Å². The van der Waals surface area contributed by atoms with Crippen LogP contribution >= 0.6 is 0 Å². The normalized spacial score (nSPS) is 16.5. The molecule has 0 fully saturated rings. The Morgan fingerprint density at radius 3 is 2.46 bits per heavy atom. The van der Waals surface area contributed by atoms with Crippen LogP contribution in [0.5, 0.6) is 5.75 Å². The van der Waals surface area contributed by atoms with Gasteiger partial charge in [0.05, 0.1) is 31.0 Å². The highest BCUT2D eigenvalue weighted by atomic mass is 16.5. The van der Waals surface area contributed by atoms with Crippen molar-refractivity contribution in [3.05, 3.63) is 71.3 Å². The molecule has 0 aliphatic carbocycles. The minimum absolute atomic E-state index is 0.233. The molecular weight excluding hydrogens is 332 g/mol. The summed E-state index contributed by atoms with van der Waals surface area (Å²) in [6.45, 7) is 1.98. The maximum absolute atomic E-state index is 12.8. The van der Waals surface area contributed by atoms with Gasteiger partial charge in [-0.05, 0) is 18.6 Å². The van der Waals surface area contributed by atoms with E-state index in [1.54, 1.807) is 20.1 Å².